The Labute approximate surface area is 172 Å². The van der Waals surface area contributed by atoms with Crippen LogP contribution in [0.5, 0.6) is 5.75 Å². The van der Waals surface area contributed by atoms with Gasteiger partial charge in [0.25, 0.3) is 5.91 Å². The Kier molecular flexibility index (Phi) is 8.18. The lowest BCUT2D eigenvalue weighted by Gasteiger charge is -2.19. The number of carbonyl (C=O) groups is 1. The van der Waals surface area contributed by atoms with Crippen LogP contribution in [0.15, 0.2) is 78.7 Å². The maximum absolute atomic E-state index is 12.7. The molecule has 0 unspecified atom stereocenters. The molecule has 154 valence electrons. The third kappa shape index (κ3) is 6.04. The highest BCUT2D eigenvalue weighted by Crippen LogP contribution is 2.20. The van der Waals surface area contributed by atoms with Gasteiger partial charge in [-0.1, -0.05) is 25.1 Å². The summed E-state index contributed by atoms with van der Waals surface area (Å²) in [5.41, 5.74) is 0.950. The van der Waals surface area contributed by atoms with Crippen LogP contribution < -0.4 is 10.1 Å². The number of nitrogens with one attached hydrogen (secondary N) is 1. The molecule has 0 bridgehead atoms. The van der Waals surface area contributed by atoms with E-state index in [0.29, 0.717) is 23.6 Å². The summed E-state index contributed by atoms with van der Waals surface area (Å²) >= 11 is 0. The third-order valence-corrected chi connectivity index (χ3v) is 5.83. The van der Waals surface area contributed by atoms with Crippen LogP contribution in [0.25, 0.3) is 0 Å². The Morgan fingerprint density at radius 1 is 1.10 bits per heavy atom. The molecule has 0 heterocycles. The van der Waals surface area contributed by atoms with Gasteiger partial charge in [-0.3, -0.25) is 4.79 Å². The third-order valence-electron chi connectivity index (χ3n) is 3.98. The van der Waals surface area contributed by atoms with E-state index in [1.807, 2.05) is 6.92 Å². The number of ether oxygens (including phenoxy) is 1. The highest BCUT2D eigenvalue weighted by Gasteiger charge is 2.22. The molecular weight excluding hydrogens is 388 g/mol. The van der Waals surface area contributed by atoms with Gasteiger partial charge in [-0.05, 0) is 48.9 Å². The van der Waals surface area contributed by atoms with Crippen LogP contribution in [0.2, 0.25) is 0 Å². The zero-order valence-corrected chi connectivity index (χ0v) is 17.3. The molecule has 0 aliphatic carbocycles. The zero-order valence-electron chi connectivity index (χ0n) is 16.5. The molecule has 0 aromatic heterocycles. The van der Waals surface area contributed by atoms with Gasteiger partial charge in [0.15, 0.2) is 0 Å². The van der Waals surface area contributed by atoms with Gasteiger partial charge in [-0.15, -0.1) is 13.2 Å². The number of hydrogen-bond acceptors (Lipinski definition) is 4. The Bertz CT molecular complexity index is 943. The van der Waals surface area contributed by atoms with Crippen LogP contribution in [0.1, 0.15) is 23.7 Å². The van der Waals surface area contributed by atoms with Gasteiger partial charge >= 0.3 is 0 Å². The van der Waals surface area contributed by atoms with Gasteiger partial charge in [-0.25, -0.2) is 8.42 Å². The molecule has 0 aliphatic rings. The minimum absolute atomic E-state index is 0.133. The molecule has 0 saturated heterocycles. The predicted octanol–water partition coefficient (Wildman–Crippen LogP) is 4.09. The van der Waals surface area contributed by atoms with Crippen LogP contribution in [-0.2, 0) is 10.0 Å². The van der Waals surface area contributed by atoms with Crippen molar-refractivity contribution in [1.82, 2.24) is 4.31 Å². The first kappa shape index (κ1) is 22.4. The van der Waals surface area contributed by atoms with Crippen LogP contribution in [-0.4, -0.2) is 38.3 Å². The molecule has 6 nitrogen and oxygen atoms in total. The van der Waals surface area contributed by atoms with Crippen LogP contribution in [0.3, 0.4) is 0 Å². The Morgan fingerprint density at radius 2 is 1.76 bits per heavy atom. The van der Waals surface area contributed by atoms with Gasteiger partial charge in [0.1, 0.15) is 5.75 Å². The fraction of sp³-hybridized carbons (Fsp3) is 0.227. The molecule has 0 saturated carbocycles. The summed E-state index contributed by atoms with van der Waals surface area (Å²) in [6, 6.07) is 13.0. The van der Waals surface area contributed by atoms with Crippen molar-refractivity contribution in [1.29, 1.82) is 0 Å². The maximum atomic E-state index is 12.7. The number of rotatable bonds is 11. The average Bonchev–Trinajstić information content (AvgIpc) is 2.72. The quantitative estimate of drug-likeness (QED) is 0.562. The van der Waals surface area contributed by atoms with Crippen molar-refractivity contribution in [3.8, 4) is 5.75 Å². The summed E-state index contributed by atoms with van der Waals surface area (Å²) in [6.07, 6.45) is 3.92. The second-order valence-corrected chi connectivity index (χ2v) is 8.19. The second-order valence-electron chi connectivity index (χ2n) is 6.25. The van der Waals surface area contributed by atoms with Crippen LogP contribution >= 0.6 is 0 Å². The highest BCUT2D eigenvalue weighted by atomic mass is 32.2. The summed E-state index contributed by atoms with van der Waals surface area (Å²) in [5.74, 6) is 0.327. The summed E-state index contributed by atoms with van der Waals surface area (Å²) < 4.78 is 32.3. The Balaban J connectivity index is 2.13. The normalized spacial score (nSPS) is 11.1. The molecule has 0 aliphatic heterocycles. The van der Waals surface area contributed by atoms with Crippen LogP contribution in [0.4, 0.5) is 5.69 Å². The topological polar surface area (TPSA) is 75.7 Å². The van der Waals surface area contributed by atoms with Gasteiger partial charge in [0.2, 0.25) is 10.0 Å². The summed E-state index contributed by atoms with van der Waals surface area (Å²) in [7, 11) is -3.68. The fourth-order valence-corrected chi connectivity index (χ4v) is 3.95. The van der Waals surface area contributed by atoms with Gasteiger partial charge < -0.3 is 10.1 Å². The summed E-state index contributed by atoms with van der Waals surface area (Å²) in [5, 5.41) is 2.76. The van der Waals surface area contributed by atoms with Crippen molar-refractivity contribution in [2.45, 2.75) is 18.2 Å². The van der Waals surface area contributed by atoms with E-state index in [9.17, 15) is 13.2 Å². The first-order chi connectivity index (χ1) is 13.9. The standard InChI is InChI=1S/C22H26N2O4S/c1-4-14-24(15-5-2)29(26,27)21-12-10-19(11-13-21)23-22(25)18-8-7-9-20(17-18)28-16-6-3/h4-5,7-13,17H,1-2,6,14-16H2,3H3,(H,23,25). The van der Waals surface area contributed by atoms with Crippen molar-refractivity contribution in [2.75, 3.05) is 25.0 Å². The van der Waals surface area contributed by atoms with E-state index in [1.165, 1.54) is 28.6 Å². The molecule has 0 atom stereocenters. The fourth-order valence-electron chi connectivity index (χ4n) is 2.57. The molecule has 7 heteroatoms. The van der Waals surface area contributed by atoms with Crippen molar-refractivity contribution in [3.63, 3.8) is 0 Å². The monoisotopic (exact) mass is 414 g/mol. The molecule has 0 spiro atoms. The van der Waals surface area contributed by atoms with Crippen LogP contribution in [0, 0.1) is 0 Å². The van der Waals surface area contributed by atoms with Gasteiger partial charge in [-0.2, -0.15) is 4.31 Å². The van der Waals surface area contributed by atoms with E-state index in [0.717, 1.165) is 6.42 Å². The number of amides is 1. The Hall–Kier alpha value is -2.90. The lowest BCUT2D eigenvalue weighted by atomic mass is 10.2. The maximum Gasteiger partial charge on any atom is 0.255 e. The van der Waals surface area contributed by atoms with E-state index < -0.39 is 10.0 Å². The van der Waals surface area contributed by atoms with E-state index in [4.69, 9.17) is 4.74 Å². The van der Waals surface area contributed by atoms with E-state index in [1.54, 1.807) is 36.4 Å². The van der Waals surface area contributed by atoms with Gasteiger partial charge in [0.05, 0.1) is 11.5 Å². The number of sulfonamides is 1. The molecule has 2 aromatic carbocycles. The second kappa shape index (κ2) is 10.6. The lowest BCUT2D eigenvalue weighted by Crippen LogP contribution is -2.31. The first-order valence-corrected chi connectivity index (χ1v) is 10.7. The summed E-state index contributed by atoms with van der Waals surface area (Å²) in [4.78, 5) is 12.6. The minimum atomic E-state index is -3.68. The predicted molar refractivity (Wildman–Crippen MR) is 116 cm³/mol. The number of nitrogens with zero attached hydrogens (tertiary/aromatic N) is 1. The smallest absolute Gasteiger partial charge is 0.255 e. The van der Waals surface area contributed by atoms with E-state index in [-0.39, 0.29) is 23.9 Å². The number of benzene rings is 2. The molecule has 1 N–H and O–H groups in total. The average molecular weight is 415 g/mol. The molecule has 0 radical (unpaired) electrons. The van der Waals surface area contributed by atoms with Gasteiger partial charge in [0, 0.05) is 24.3 Å². The van der Waals surface area contributed by atoms with Crippen molar-refractivity contribution >= 4 is 21.6 Å². The lowest BCUT2D eigenvalue weighted by molar-refractivity contribution is 0.102. The number of carbonyl (C=O) groups excluding carboxylic acids is 1. The minimum Gasteiger partial charge on any atom is -0.494 e. The first-order valence-electron chi connectivity index (χ1n) is 9.28. The molecule has 0 fully saturated rings. The highest BCUT2D eigenvalue weighted by molar-refractivity contribution is 7.89. The number of anilines is 1. The van der Waals surface area contributed by atoms with Crippen molar-refractivity contribution in [2.24, 2.45) is 0 Å². The SMILES string of the molecule is C=CCN(CC=C)S(=O)(=O)c1ccc(NC(=O)c2cccc(OCCC)c2)cc1. The molecule has 1 amide bonds. The molecule has 2 aromatic rings. The largest absolute Gasteiger partial charge is 0.494 e. The molecule has 2 rings (SSSR count). The van der Waals surface area contributed by atoms with E-state index in [2.05, 4.69) is 18.5 Å². The molecule has 29 heavy (non-hydrogen) atoms. The summed E-state index contributed by atoms with van der Waals surface area (Å²) in [6.45, 7) is 10.1. The van der Waals surface area contributed by atoms with E-state index >= 15 is 0 Å². The molecular formula is C22H26N2O4S. The number of hydrogen-bond donors (Lipinski definition) is 1. The van der Waals surface area contributed by atoms with Crippen molar-refractivity contribution in [3.05, 3.63) is 79.4 Å². The Morgan fingerprint density at radius 3 is 2.34 bits per heavy atom. The zero-order chi connectivity index (χ0) is 21.3. The van der Waals surface area contributed by atoms with Crippen molar-refractivity contribution < 1.29 is 17.9 Å².